The molecule has 0 aliphatic carbocycles. The van der Waals surface area contributed by atoms with Crippen molar-refractivity contribution in [1.29, 1.82) is 0 Å². The Hall–Kier alpha value is -1.13. The molecular weight excluding hydrogens is 687 g/mol. The zero-order valence-electron chi connectivity index (χ0n) is 38.2. The molecule has 332 valence electrons. The maximum Gasteiger partial charge on any atom is 0.220 e. The number of allylic oxidation sites excluding steroid dienone is 3. The van der Waals surface area contributed by atoms with E-state index in [4.69, 9.17) is 0 Å². The minimum absolute atomic E-state index is 0.0686. The minimum atomic E-state index is -0.858. The van der Waals surface area contributed by atoms with Crippen LogP contribution in [-0.2, 0) is 4.79 Å². The van der Waals surface area contributed by atoms with E-state index in [1.54, 1.807) is 6.08 Å². The lowest BCUT2D eigenvalue weighted by Gasteiger charge is -2.19. The summed E-state index contributed by atoms with van der Waals surface area (Å²) >= 11 is 0. The molecule has 0 aromatic carbocycles. The van der Waals surface area contributed by atoms with E-state index in [2.05, 4.69) is 31.3 Å². The molecule has 0 bridgehead atoms. The van der Waals surface area contributed by atoms with E-state index >= 15 is 0 Å². The quantitative estimate of drug-likeness (QED) is 0.0425. The van der Waals surface area contributed by atoms with Crippen LogP contribution in [0.1, 0.15) is 284 Å². The van der Waals surface area contributed by atoms with E-state index in [0.717, 1.165) is 32.1 Å². The Morgan fingerprint density at radius 3 is 1.04 bits per heavy atom. The van der Waals surface area contributed by atoms with Gasteiger partial charge in [-0.15, -0.1) is 0 Å². The molecule has 3 N–H and O–H groups in total. The van der Waals surface area contributed by atoms with E-state index in [1.807, 2.05) is 6.08 Å². The maximum atomic E-state index is 12.4. The van der Waals surface area contributed by atoms with Crippen LogP contribution < -0.4 is 5.32 Å². The summed E-state index contributed by atoms with van der Waals surface area (Å²) in [6.07, 6.45) is 63.3. The predicted molar refractivity (Wildman–Crippen MR) is 249 cm³/mol. The second-order valence-electron chi connectivity index (χ2n) is 17.6. The maximum absolute atomic E-state index is 12.4. The van der Waals surface area contributed by atoms with E-state index < -0.39 is 12.1 Å². The van der Waals surface area contributed by atoms with Gasteiger partial charge in [-0.05, 0) is 32.1 Å². The highest BCUT2D eigenvalue weighted by atomic mass is 16.3. The summed E-state index contributed by atoms with van der Waals surface area (Å²) in [5.41, 5.74) is 0. The van der Waals surface area contributed by atoms with Crippen molar-refractivity contribution in [2.75, 3.05) is 6.61 Å². The number of aliphatic hydroxyl groups excluding tert-OH is 2. The van der Waals surface area contributed by atoms with Gasteiger partial charge in [0.25, 0.3) is 0 Å². The number of amides is 1. The fourth-order valence-electron chi connectivity index (χ4n) is 8.02. The molecule has 4 nitrogen and oxygen atoms in total. The SMILES string of the molecule is CCCCCCCCCCC/C=C/CC/C=C/C(O)C(CO)NC(=O)CCCCCCCCCCCCCCCCCCCCCCCCCCCCCCC. The fourth-order valence-corrected chi connectivity index (χ4v) is 8.02. The van der Waals surface area contributed by atoms with Gasteiger partial charge in [0.2, 0.25) is 5.91 Å². The standard InChI is InChI=1S/C52H101NO3/c1-3-5-7-9-11-13-15-17-19-20-21-22-23-24-25-26-27-28-29-30-31-32-34-36-38-40-42-44-46-48-52(56)53-50(49-54)51(55)47-45-43-41-39-37-35-33-18-16-14-12-10-8-6-4-2/h37,39,45,47,50-51,54-55H,3-36,38,40-44,46,48-49H2,1-2H3,(H,53,56)/b39-37+,47-45+. The Morgan fingerprint density at radius 1 is 0.411 bits per heavy atom. The number of hydrogen-bond acceptors (Lipinski definition) is 3. The molecule has 0 rings (SSSR count). The smallest absolute Gasteiger partial charge is 0.220 e. The van der Waals surface area contributed by atoms with Gasteiger partial charge in [-0.25, -0.2) is 0 Å². The van der Waals surface area contributed by atoms with Crippen molar-refractivity contribution in [3.63, 3.8) is 0 Å². The molecule has 0 heterocycles. The van der Waals surface area contributed by atoms with Gasteiger partial charge in [-0.3, -0.25) is 4.79 Å². The van der Waals surface area contributed by atoms with Gasteiger partial charge in [0.15, 0.2) is 0 Å². The third-order valence-electron chi connectivity index (χ3n) is 11.9. The Labute approximate surface area is 351 Å². The molecule has 0 saturated carbocycles. The van der Waals surface area contributed by atoms with Crippen LogP contribution in [0.2, 0.25) is 0 Å². The van der Waals surface area contributed by atoms with Crippen molar-refractivity contribution in [2.24, 2.45) is 0 Å². The number of carbonyl (C=O) groups excluding carboxylic acids is 1. The molecule has 56 heavy (non-hydrogen) atoms. The molecule has 2 unspecified atom stereocenters. The second-order valence-corrected chi connectivity index (χ2v) is 17.6. The highest BCUT2D eigenvalue weighted by molar-refractivity contribution is 5.76. The van der Waals surface area contributed by atoms with Crippen molar-refractivity contribution in [3.05, 3.63) is 24.3 Å². The average molecular weight is 788 g/mol. The topological polar surface area (TPSA) is 69.6 Å². The number of aliphatic hydroxyl groups is 2. The predicted octanol–water partition coefficient (Wildman–Crippen LogP) is 16.4. The van der Waals surface area contributed by atoms with Crippen molar-refractivity contribution in [2.45, 2.75) is 296 Å². The van der Waals surface area contributed by atoms with Gasteiger partial charge >= 0.3 is 0 Å². The first-order valence-electron chi connectivity index (χ1n) is 25.6. The molecule has 0 aliphatic heterocycles. The minimum Gasteiger partial charge on any atom is -0.394 e. The molecule has 4 heteroatoms. The third-order valence-corrected chi connectivity index (χ3v) is 11.9. The highest BCUT2D eigenvalue weighted by Crippen LogP contribution is 2.17. The molecule has 0 aliphatic rings. The van der Waals surface area contributed by atoms with Crippen molar-refractivity contribution in [1.82, 2.24) is 5.32 Å². The van der Waals surface area contributed by atoms with Crippen LogP contribution in [0.25, 0.3) is 0 Å². The summed E-state index contributed by atoms with van der Waals surface area (Å²) in [7, 11) is 0. The van der Waals surface area contributed by atoms with Crippen molar-refractivity contribution >= 4 is 5.91 Å². The van der Waals surface area contributed by atoms with Crippen molar-refractivity contribution in [3.8, 4) is 0 Å². The molecule has 0 spiro atoms. The Bertz CT molecular complexity index is 810. The molecular formula is C52H101NO3. The van der Waals surface area contributed by atoms with Gasteiger partial charge in [0.05, 0.1) is 18.8 Å². The van der Waals surface area contributed by atoms with Crippen LogP contribution in [0.3, 0.4) is 0 Å². The average Bonchev–Trinajstić information content (AvgIpc) is 3.20. The van der Waals surface area contributed by atoms with E-state index in [-0.39, 0.29) is 12.5 Å². The summed E-state index contributed by atoms with van der Waals surface area (Å²) in [6.45, 7) is 4.32. The van der Waals surface area contributed by atoms with Crippen LogP contribution in [-0.4, -0.2) is 34.9 Å². The van der Waals surface area contributed by atoms with Crippen LogP contribution in [0, 0.1) is 0 Å². The van der Waals surface area contributed by atoms with Crippen LogP contribution >= 0.6 is 0 Å². The first kappa shape index (κ1) is 54.9. The number of hydrogen-bond donors (Lipinski definition) is 3. The normalized spacial score (nSPS) is 13.0. The molecule has 0 radical (unpaired) electrons. The highest BCUT2D eigenvalue weighted by Gasteiger charge is 2.17. The number of carbonyl (C=O) groups is 1. The van der Waals surface area contributed by atoms with E-state index in [0.29, 0.717) is 6.42 Å². The Balaban J connectivity index is 3.45. The summed E-state index contributed by atoms with van der Waals surface area (Å²) in [6, 6.07) is -0.635. The molecule has 1 amide bonds. The zero-order valence-corrected chi connectivity index (χ0v) is 38.2. The zero-order chi connectivity index (χ0) is 40.7. The lowest BCUT2D eigenvalue weighted by molar-refractivity contribution is -0.123. The summed E-state index contributed by atoms with van der Waals surface area (Å²) in [5, 5.41) is 23.0. The molecule has 0 saturated heterocycles. The summed E-state index contributed by atoms with van der Waals surface area (Å²) in [4.78, 5) is 12.4. The lowest BCUT2D eigenvalue weighted by Crippen LogP contribution is -2.45. The summed E-state index contributed by atoms with van der Waals surface area (Å²) in [5.74, 6) is -0.0686. The van der Waals surface area contributed by atoms with Crippen LogP contribution in [0.15, 0.2) is 24.3 Å². The Kier molecular flexibility index (Phi) is 47.3. The van der Waals surface area contributed by atoms with E-state index in [1.165, 1.54) is 231 Å². The first-order valence-corrected chi connectivity index (χ1v) is 25.6. The van der Waals surface area contributed by atoms with Gasteiger partial charge in [-0.1, -0.05) is 269 Å². The monoisotopic (exact) mass is 788 g/mol. The van der Waals surface area contributed by atoms with Crippen LogP contribution in [0.4, 0.5) is 0 Å². The van der Waals surface area contributed by atoms with E-state index in [9.17, 15) is 15.0 Å². The molecule has 0 aromatic heterocycles. The van der Waals surface area contributed by atoms with Crippen LogP contribution in [0.5, 0.6) is 0 Å². The lowest BCUT2D eigenvalue weighted by atomic mass is 10.0. The number of unbranched alkanes of at least 4 members (excludes halogenated alkanes) is 38. The second kappa shape index (κ2) is 48.2. The van der Waals surface area contributed by atoms with Gasteiger partial charge < -0.3 is 15.5 Å². The van der Waals surface area contributed by atoms with Gasteiger partial charge in [0.1, 0.15) is 0 Å². The number of nitrogens with one attached hydrogen (secondary N) is 1. The largest absolute Gasteiger partial charge is 0.394 e. The molecule has 2 atom stereocenters. The Morgan fingerprint density at radius 2 is 0.696 bits per heavy atom. The molecule has 0 aromatic rings. The fraction of sp³-hybridized carbons (Fsp3) is 0.904. The third kappa shape index (κ3) is 44.0. The van der Waals surface area contributed by atoms with Gasteiger partial charge in [-0.2, -0.15) is 0 Å². The summed E-state index contributed by atoms with van der Waals surface area (Å²) < 4.78 is 0. The molecule has 0 fully saturated rings. The number of rotatable bonds is 47. The van der Waals surface area contributed by atoms with Crippen molar-refractivity contribution < 1.29 is 15.0 Å². The van der Waals surface area contributed by atoms with Gasteiger partial charge in [0, 0.05) is 6.42 Å². The first-order chi connectivity index (χ1) is 27.7.